The highest BCUT2D eigenvalue weighted by atomic mass is 31.2. The van der Waals surface area contributed by atoms with Gasteiger partial charge in [0.15, 0.2) is 0 Å². The molecule has 0 aromatic heterocycles. The highest BCUT2D eigenvalue weighted by Crippen LogP contribution is 2.66. The molecular weight excluding hydrogens is 435 g/mol. The standard InChI is InChI=1S/C30H23N2OP/c33-34(26-18-8-3-9-19-26)31(24-14-4-1-5-15-24)29-22-12-10-20-27(29)28-21-11-13-23-30(28)32(34)25-16-6-2-7-17-25/h1-23H. The molecule has 4 heteroatoms. The van der Waals surface area contributed by atoms with Crippen LogP contribution in [-0.4, -0.2) is 0 Å². The zero-order chi connectivity index (χ0) is 23.0. The molecule has 0 bridgehead atoms. The Kier molecular flexibility index (Phi) is 5.05. The van der Waals surface area contributed by atoms with Crippen molar-refractivity contribution < 1.29 is 4.57 Å². The molecule has 0 saturated heterocycles. The Morgan fingerprint density at radius 2 is 0.765 bits per heavy atom. The van der Waals surface area contributed by atoms with Crippen molar-refractivity contribution in [2.45, 2.75) is 0 Å². The Labute approximate surface area is 200 Å². The van der Waals surface area contributed by atoms with Gasteiger partial charge in [-0.25, -0.2) is 0 Å². The SMILES string of the molecule is O=P1(c2ccccc2)N(c2ccccc2)c2ccccc2-c2ccccc2N1c1ccccc1. The van der Waals surface area contributed by atoms with Crippen LogP contribution < -0.4 is 14.6 Å². The quantitative estimate of drug-likeness (QED) is 0.255. The summed E-state index contributed by atoms with van der Waals surface area (Å²) < 4.78 is 20.0. The van der Waals surface area contributed by atoms with Crippen LogP contribution in [0.3, 0.4) is 0 Å². The lowest BCUT2D eigenvalue weighted by atomic mass is 10.0. The predicted octanol–water partition coefficient (Wildman–Crippen LogP) is 8.16. The molecule has 1 aliphatic heterocycles. The molecule has 5 aromatic rings. The number of hydrogen-bond donors (Lipinski definition) is 0. The lowest BCUT2D eigenvalue weighted by Crippen LogP contribution is -2.31. The predicted molar refractivity (Wildman–Crippen MR) is 143 cm³/mol. The third kappa shape index (κ3) is 3.17. The molecule has 1 heterocycles. The molecule has 0 spiro atoms. The maximum atomic E-state index is 15.9. The van der Waals surface area contributed by atoms with Crippen molar-refractivity contribution in [3.8, 4) is 11.1 Å². The second-order valence-electron chi connectivity index (χ2n) is 8.21. The Hall–Kier alpha value is -4.07. The summed E-state index contributed by atoms with van der Waals surface area (Å²) >= 11 is 0. The second kappa shape index (κ2) is 8.37. The topological polar surface area (TPSA) is 23.6 Å². The van der Waals surface area contributed by atoms with Crippen LogP contribution in [0.1, 0.15) is 0 Å². The Bertz CT molecular complexity index is 1390. The average molecular weight is 459 g/mol. The van der Waals surface area contributed by atoms with Gasteiger partial charge in [0.2, 0.25) is 0 Å². The van der Waals surface area contributed by atoms with Gasteiger partial charge in [-0.1, -0.05) is 91.0 Å². The number of nitrogens with zero attached hydrogens (tertiary/aromatic N) is 2. The molecule has 0 saturated carbocycles. The molecule has 0 radical (unpaired) electrons. The van der Waals surface area contributed by atoms with Gasteiger partial charge in [0.05, 0.1) is 16.7 Å². The van der Waals surface area contributed by atoms with Crippen molar-refractivity contribution in [3.05, 3.63) is 140 Å². The maximum absolute atomic E-state index is 15.9. The number of rotatable bonds is 3. The van der Waals surface area contributed by atoms with E-state index in [1.54, 1.807) is 0 Å². The average Bonchev–Trinajstić information content (AvgIpc) is 3.01. The molecule has 0 unspecified atom stereocenters. The van der Waals surface area contributed by atoms with Crippen molar-refractivity contribution in [2.24, 2.45) is 0 Å². The summed E-state index contributed by atoms with van der Waals surface area (Å²) in [5, 5.41) is 0.772. The van der Waals surface area contributed by atoms with Crippen molar-refractivity contribution in [3.63, 3.8) is 0 Å². The van der Waals surface area contributed by atoms with E-state index < -0.39 is 7.44 Å². The first-order valence-electron chi connectivity index (χ1n) is 11.3. The molecule has 0 N–H and O–H groups in total. The molecule has 0 aliphatic carbocycles. The number of hydrogen-bond acceptors (Lipinski definition) is 1. The fraction of sp³-hybridized carbons (Fsp3) is 0. The molecule has 0 atom stereocenters. The van der Waals surface area contributed by atoms with Gasteiger partial charge in [0.25, 0.3) is 0 Å². The molecule has 3 nitrogen and oxygen atoms in total. The largest absolute Gasteiger partial charge is 0.301 e. The van der Waals surface area contributed by atoms with Gasteiger partial charge in [0.1, 0.15) is 0 Å². The molecule has 164 valence electrons. The van der Waals surface area contributed by atoms with E-state index in [0.29, 0.717) is 0 Å². The fourth-order valence-electron chi connectivity index (χ4n) is 4.74. The number of para-hydroxylation sites is 4. The summed E-state index contributed by atoms with van der Waals surface area (Å²) in [5.74, 6) is 0. The van der Waals surface area contributed by atoms with Crippen molar-refractivity contribution in [1.82, 2.24) is 0 Å². The monoisotopic (exact) mass is 458 g/mol. The summed E-state index contributed by atoms with van der Waals surface area (Å²) in [6.07, 6.45) is 0. The summed E-state index contributed by atoms with van der Waals surface area (Å²) in [4.78, 5) is 0. The van der Waals surface area contributed by atoms with E-state index in [-0.39, 0.29) is 0 Å². The lowest BCUT2D eigenvalue weighted by Gasteiger charge is -2.40. The van der Waals surface area contributed by atoms with E-state index in [0.717, 1.165) is 39.2 Å². The van der Waals surface area contributed by atoms with E-state index in [1.165, 1.54) is 0 Å². The van der Waals surface area contributed by atoms with Gasteiger partial charge in [-0.15, -0.1) is 0 Å². The highest BCUT2D eigenvalue weighted by Gasteiger charge is 2.45. The summed E-state index contributed by atoms with van der Waals surface area (Å²) in [6.45, 7) is 0. The van der Waals surface area contributed by atoms with Crippen molar-refractivity contribution in [1.29, 1.82) is 0 Å². The van der Waals surface area contributed by atoms with E-state index in [1.807, 2.05) is 125 Å². The third-order valence-corrected chi connectivity index (χ3v) is 9.14. The van der Waals surface area contributed by atoms with Crippen LogP contribution >= 0.6 is 7.44 Å². The Morgan fingerprint density at radius 1 is 0.412 bits per heavy atom. The normalized spacial score (nSPS) is 14.1. The summed E-state index contributed by atoms with van der Waals surface area (Å²) in [5.41, 5.74) is 5.72. The zero-order valence-corrected chi connectivity index (χ0v) is 19.4. The molecule has 0 fully saturated rings. The number of anilines is 4. The maximum Gasteiger partial charge on any atom is 0.301 e. The summed E-state index contributed by atoms with van der Waals surface area (Å²) in [7, 11) is -3.47. The first-order valence-corrected chi connectivity index (χ1v) is 12.9. The fourth-order valence-corrected chi connectivity index (χ4v) is 7.76. The van der Waals surface area contributed by atoms with Crippen LogP contribution in [-0.2, 0) is 4.57 Å². The molecule has 34 heavy (non-hydrogen) atoms. The van der Waals surface area contributed by atoms with E-state index in [4.69, 9.17) is 0 Å². The van der Waals surface area contributed by atoms with Gasteiger partial charge in [-0.2, -0.15) is 0 Å². The van der Waals surface area contributed by atoms with Crippen LogP contribution in [0.15, 0.2) is 140 Å². The first kappa shape index (κ1) is 20.5. The Balaban J connectivity index is 1.80. The molecule has 5 aromatic carbocycles. The number of benzene rings is 5. The van der Waals surface area contributed by atoms with E-state index >= 15 is 4.57 Å². The van der Waals surface area contributed by atoms with Gasteiger partial charge in [-0.05, 0) is 48.5 Å². The molecular formula is C30H23N2OP. The smallest absolute Gasteiger partial charge is 0.271 e. The Morgan fingerprint density at radius 3 is 1.21 bits per heavy atom. The van der Waals surface area contributed by atoms with Gasteiger partial charge >= 0.3 is 7.44 Å². The minimum absolute atomic E-state index is 0.772. The van der Waals surface area contributed by atoms with E-state index in [9.17, 15) is 0 Å². The second-order valence-corrected chi connectivity index (χ2v) is 10.6. The highest BCUT2D eigenvalue weighted by molar-refractivity contribution is 7.75. The zero-order valence-electron chi connectivity index (χ0n) is 18.5. The van der Waals surface area contributed by atoms with Crippen molar-refractivity contribution in [2.75, 3.05) is 9.34 Å². The van der Waals surface area contributed by atoms with Gasteiger partial charge in [0, 0.05) is 22.5 Å². The molecule has 6 rings (SSSR count). The lowest BCUT2D eigenvalue weighted by molar-refractivity contribution is 0.581. The van der Waals surface area contributed by atoms with E-state index in [2.05, 4.69) is 24.3 Å². The summed E-state index contributed by atoms with van der Waals surface area (Å²) in [6, 6.07) is 46.5. The molecule has 0 amide bonds. The first-order chi connectivity index (χ1) is 16.8. The minimum Gasteiger partial charge on any atom is -0.271 e. The van der Waals surface area contributed by atoms with Crippen molar-refractivity contribution >= 4 is 35.5 Å². The number of fused-ring (bicyclic) bond motifs is 3. The van der Waals surface area contributed by atoms with Crippen LogP contribution in [0.4, 0.5) is 22.7 Å². The third-order valence-electron chi connectivity index (χ3n) is 6.19. The van der Waals surface area contributed by atoms with Gasteiger partial charge < -0.3 is 0 Å². The molecule has 1 aliphatic rings. The van der Waals surface area contributed by atoms with Gasteiger partial charge in [-0.3, -0.25) is 13.9 Å². The van der Waals surface area contributed by atoms with Crippen LogP contribution in [0.2, 0.25) is 0 Å². The van der Waals surface area contributed by atoms with Crippen LogP contribution in [0.25, 0.3) is 11.1 Å². The van der Waals surface area contributed by atoms with Crippen LogP contribution in [0.5, 0.6) is 0 Å². The minimum atomic E-state index is -3.47. The van der Waals surface area contributed by atoms with Crippen LogP contribution in [0, 0.1) is 0 Å².